The lowest BCUT2D eigenvalue weighted by molar-refractivity contribution is -0.121. The van der Waals surface area contributed by atoms with Gasteiger partial charge in [-0.05, 0) is 0 Å². The van der Waals surface area contributed by atoms with Crippen LogP contribution < -0.4 is 17.2 Å². The van der Waals surface area contributed by atoms with Crippen molar-refractivity contribution in [2.24, 2.45) is 17.2 Å². The molecule has 6 N–H and O–H groups in total. The van der Waals surface area contributed by atoms with Gasteiger partial charge in [-0.25, -0.2) is 0 Å². The zero-order valence-corrected chi connectivity index (χ0v) is 6.24. The third kappa shape index (κ3) is 2.93. The lowest BCUT2D eigenvalue weighted by Gasteiger charge is -1.97. The first-order valence-corrected chi connectivity index (χ1v) is 3.03. The standard InChI is InChI=1S/C6H9N3O3/c7-2-4(10)3(6(9)12)1-5(8)11/h1H,2,7H2,(H2,8,11)(H2,9,12). The van der Waals surface area contributed by atoms with Crippen molar-refractivity contribution in [1.82, 2.24) is 0 Å². The molecular weight excluding hydrogens is 162 g/mol. The maximum absolute atomic E-state index is 10.8. The van der Waals surface area contributed by atoms with Crippen molar-refractivity contribution in [3.63, 3.8) is 0 Å². The summed E-state index contributed by atoms with van der Waals surface area (Å²) in [5.41, 5.74) is 13.9. The van der Waals surface area contributed by atoms with Gasteiger partial charge >= 0.3 is 0 Å². The zero-order chi connectivity index (χ0) is 9.72. The molecule has 0 rings (SSSR count). The van der Waals surface area contributed by atoms with Gasteiger partial charge in [0.25, 0.3) is 5.91 Å². The largest absolute Gasteiger partial charge is 0.366 e. The van der Waals surface area contributed by atoms with Crippen molar-refractivity contribution in [2.45, 2.75) is 0 Å². The minimum Gasteiger partial charge on any atom is -0.366 e. The van der Waals surface area contributed by atoms with Crippen LogP contribution in [0.4, 0.5) is 0 Å². The molecule has 6 heteroatoms. The lowest BCUT2D eigenvalue weighted by Crippen LogP contribution is -2.27. The molecule has 2 amide bonds. The molecule has 66 valence electrons. The summed E-state index contributed by atoms with van der Waals surface area (Å²) in [6, 6.07) is 0. The Bertz CT molecular complexity index is 257. The van der Waals surface area contributed by atoms with E-state index in [9.17, 15) is 14.4 Å². The highest BCUT2D eigenvalue weighted by Gasteiger charge is 2.14. The van der Waals surface area contributed by atoms with E-state index in [1.54, 1.807) is 0 Å². The molecule has 0 radical (unpaired) electrons. The Labute approximate surface area is 68.4 Å². The number of carbonyl (C=O) groups excluding carboxylic acids is 3. The Kier molecular flexibility index (Phi) is 3.65. The Morgan fingerprint density at radius 1 is 1.17 bits per heavy atom. The maximum atomic E-state index is 10.8. The second-order valence-electron chi connectivity index (χ2n) is 1.95. The molecule has 0 aliphatic carbocycles. The molecule has 0 bridgehead atoms. The summed E-state index contributed by atoms with van der Waals surface area (Å²) in [6.45, 7) is -0.387. The van der Waals surface area contributed by atoms with Crippen molar-refractivity contribution >= 4 is 17.6 Å². The fraction of sp³-hybridized carbons (Fsp3) is 0.167. The SMILES string of the molecule is NCC(=O)C(=CC(N)=O)C(N)=O. The van der Waals surface area contributed by atoms with Gasteiger partial charge in [-0.2, -0.15) is 0 Å². The van der Waals surface area contributed by atoms with E-state index < -0.39 is 23.2 Å². The van der Waals surface area contributed by atoms with Crippen molar-refractivity contribution in [1.29, 1.82) is 0 Å². The van der Waals surface area contributed by atoms with Crippen molar-refractivity contribution < 1.29 is 14.4 Å². The minimum absolute atomic E-state index is 0.387. The number of hydrogen-bond donors (Lipinski definition) is 3. The van der Waals surface area contributed by atoms with Gasteiger partial charge in [0.15, 0.2) is 5.78 Å². The molecule has 0 aromatic heterocycles. The van der Waals surface area contributed by atoms with Crippen LogP contribution in [0.5, 0.6) is 0 Å². The predicted molar refractivity (Wildman–Crippen MR) is 40.5 cm³/mol. The number of primary amides is 2. The Hall–Kier alpha value is -1.69. The quantitative estimate of drug-likeness (QED) is 0.243. The van der Waals surface area contributed by atoms with E-state index in [0.29, 0.717) is 6.08 Å². The number of ketones is 1. The molecule has 0 heterocycles. The second kappa shape index (κ2) is 4.24. The van der Waals surface area contributed by atoms with Gasteiger partial charge in [-0.3, -0.25) is 14.4 Å². The molecule has 0 fully saturated rings. The Morgan fingerprint density at radius 2 is 1.67 bits per heavy atom. The van der Waals surface area contributed by atoms with E-state index >= 15 is 0 Å². The maximum Gasteiger partial charge on any atom is 0.252 e. The number of amides is 2. The van der Waals surface area contributed by atoms with Crippen LogP contribution in [0.3, 0.4) is 0 Å². The molecular formula is C6H9N3O3. The van der Waals surface area contributed by atoms with Crippen LogP contribution in [-0.4, -0.2) is 24.1 Å². The van der Waals surface area contributed by atoms with E-state index in [1.165, 1.54) is 0 Å². The third-order valence-corrected chi connectivity index (χ3v) is 1.04. The molecule has 0 atom stereocenters. The molecule has 12 heavy (non-hydrogen) atoms. The monoisotopic (exact) mass is 171 g/mol. The molecule has 0 aromatic carbocycles. The summed E-state index contributed by atoms with van der Waals surface area (Å²) in [5, 5.41) is 0. The van der Waals surface area contributed by atoms with Crippen molar-refractivity contribution in [3.8, 4) is 0 Å². The summed E-state index contributed by atoms with van der Waals surface area (Å²) >= 11 is 0. The van der Waals surface area contributed by atoms with Crippen molar-refractivity contribution in [2.75, 3.05) is 6.54 Å². The zero-order valence-electron chi connectivity index (χ0n) is 6.24. The molecule has 0 unspecified atom stereocenters. The van der Waals surface area contributed by atoms with Gasteiger partial charge in [-0.15, -0.1) is 0 Å². The number of Topliss-reactive ketones (excluding diaryl/α,β-unsaturated/α-hetero) is 1. The first kappa shape index (κ1) is 10.3. The second-order valence-corrected chi connectivity index (χ2v) is 1.95. The van der Waals surface area contributed by atoms with E-state index in [2.05, 4.69) is 0 Å². The normalized spacial score (nSPS) is 10.9. The van der Waals surface area contributed by atoms with E-state index in [4.69, 9.17) is 17.2 Å². The van der Waals surface area contributed by atoms with Gasteiger partial charge < -0.3 is 17.2 Å². The first-order chi connectivity index (χ1) is 5.49. The van der Waals surface area contributed by atoms with Crippen LogP contribution in [0.2, 0.25) is 0 Å². The summed E-state index contributed by atoms with van der Waals surface area (Å²) in [4.78, 5) is 31.6. The molecule has 0 aromatic rings. The molecule has 0 spiro atoms. The van der Waals surface area contributed by atoms with Crippen LogP contribution in [0.25, 0.3) is 0 Å². The number of rotatable bonds is 4. The molecule has 0 aliphatic heterocycles. The summed E-state index contributed by atoms with van der Waals surface area (Å²) in [7, 11) is 0. The van der Waals surface area contributed by atoms with Gasteiger partial charge in [-0.1, -0.05) is 0 Å². The Balaban J connectivity index is 4.79. The highest BCUT2D eigenvalue weighted by Crippen LogP contribution is 1.93. The molecule has 0 aliphatic rings. The number of carbonyl (C=O) groups is 3. The van der Waals surface area contributed by atoms with Gasteiger partial charge in [0, 0.05) is 6.08 Å². The topological polar surface area (TPSA) is 129 Å². The van der Waals surface area contributed by atoms with E-state index in [1.807, 2.05) is 0 Å². The van der Waals surface area contributed by atoms with Gasteiger partial charge in [0.1, 0.15) is 0 Å². The van der Waals surface area contributed by atoms with Gasteiger partial charge in [0.05, 0.1) is 12.1 Å². The van der Waals surface area contributed by atoms with Crippen LogP contribution in [-0.2, 0) is 14.4 Å². The molecule has 0 saturated carbocycles. The fourth-order valence-electron chi connectivity index (χ4n) is 0.541. The van der Waals surface area contributed by atoms with Crippen LogP contribution >= 0.6 is 0 Å². The minimum atomic E-state index is -1.01. The van der Waals surface area contributed by atoms with E-state index in [0.717, 1.165) is 0 Å². The van der Waals surface area contributed by atoms with Crippen LogP contribution in [0, 0.1) is 0 Å². The average molecular weight is 171 g/mol. The van der Waals surface area contributed by atoms with Crippen molar-refractivity contribution in [3.05, 3.63) is 11.6 Å². The lowest BCUT2D eigenvalue weighted by atomic mass is 10.1. The smallest absolute Gasteiger partial charge is 0.252 e. The summed E-state index contributed by atoms with van der Waals surface area (Å²) in [5.74, 6) is -2.63. The van der Waals surface area contributed by atoms with Crippen LogP contribution in [0.15, 0.2) is 11.6 Å². The highest BCUT2D eigenvalue weighted by molar-refractivity contribution is 6.22. The Morgan fingerprint density at radius 3 is 1.92 bits per heavy atom. The predicted octanol–water partition coefficient (Wildman–Crippen LogP) is -2.59. The fourth-order valence-corrected chi connectivity index (χ4v) is 0.541. The molecule has 6 nitrogen and oxygen atoms in total. The number of hydrogen-bond acceptors (Lipinski definition) is 4. The highest BCUT2D eigenvalue weighted by atomic mass is 16.2. The molecule has 0 saturated heterocycles. The summed E-state index contributed by atoms with van der Waals surface area (Å²) < 4.78 is 0. The average Bonchev–Trinajstić information content (AvgIpc) is 1.98. The van der Waals surface area contributed by atoms with Gasteiger partial charge in [0.2, 0.25) is 5.91 Å². The first-order valence-electron chi connectivity index (χ1n) is 3.03. The van der Waals surface area contributed by atoms with Crippen LogP contribution in [0.1, 0.15) is 0 Å². The summed E-state index contributed by atoms with van der Waals surface area (Å²) in [6.07, 6.45) is 0.664. The van der Waals surface area contributed by atoms with E-state index in [-0.39, 0.29) is 6.54 Å². The number of nitrogens with two attached hydrogens (primary N) is 3. The third-order valence-electron chi connectivity index (χ3n) is 1.04.